The Labute approximate surface area is 278 Å². The Hall–Kier alpha value is -3.43. The Bertz CT molecular complexity index is 1450. The van der Waals surface area contributed by atoms with Gasteiger partial charge in [-0.3, -0.25) is 4.79 Å². The Morgan fingerprint density at radius 3 is 2.59 bits per heavy atom. The molecule has 0 spiro atoms. The highest BCUT2D eigenvalue weighted by molar-refractivity contribution is 6.33. The second-order valence-corrected chi connectivity index (χ2v) is 12.6. The number of benzene rings is 3. The molecule has 0 radical (unpaired) electrons. The zero-order valence-corrected chi connectivity index (χ0v) is 28.2. The van der Waals surface area contributed by atoms with Crippen LogP contribution < -0.4 is 10.6 Å². The first kappa shape index (κ1) is 35.4. The van der Waals surface area contributed by atoms with E-state index in [2.05, 4.69) is 36.6 Å². The minimum Gasteiger partial charge on any atom is -0.450 e. The molecule has 0 bridgehead atoms. The molecule has 3 atom stereocenters. The fourth-order valence-electron chi connectivity index (χ4n) is 6.36. The molecule has 3 N–H and O–H groups in total. The number of carbonyl (C=O) groups is 2. The molecule has 1 aliphatic heterocycles. The van der Waals surface area contributed by atoms with Crippen molar-refractivity contribution >= 4 is 23.6 Å². The largest absolute Gasteiger partial charge is 0.450 e. The van der Waals surface area contributed by atoms with Crippen molar-refractivity contribution in [2.24, 2.45) is 5.92 Å². The van der Waals surface area contributed by atoms with Gasteiger partial charge in [0.1, 0.15) is 0 Å². The predicted octanol–water partition coefficient (Wildman–Crippen LogP) is 6.57. The van der Waals surface area contributed by atoms with Gasteiger partial charge >= 0.3 is 6.09 Å². The van der Waals surface area contributed by atoms with Crippen molar-refractivity contribution in [1.82, 2.24) is 15.5 Å². The van der Waals surface area contributed by atoms with Gasteiger partial charge in [-0.05, 0) is 79.5 Å². The second kappa shape index (κ2) is 16.9. The molecule has 3 aromatic rings. The number of amides is 2. The van der Waals surface area contributed by atoms with E-state index in [1.807, 2.05) is 59.5 Å². The van der Waals surface area contributed by atoms with E-state index in [1.165, 1.54) is 12.6 Å². The van der Waals surface area contributed by atoms with Gasteiger partial charge in [-0.25, -0.2) is 4.79 Å². The van der Waals surface area contributed by atoms with Crippen molar-refractivity contribution in [3.8, 4) is 11.1 Å². The number of alkyl carbamates (subject to hydrolysis) is 1. The van der Waals surface area contributed by atoms with Gasteiger partial charge in [0, 0.05) is 61.9 Å². The van der Waals surface area contributed by atoms with E-state index in [9.17, 15) is 14.7 Å². The topological polar surface area (TPSA) is 100 Å². The fraction of sp³-hybridized carbons (Fsp3) is 0.459. The lowest BCUT2D eigenvalue weighted by atomic mass is 9.72. The highest BCUT2D eigenvalue weighted by atomic mass is 35.5. The summed E-state index contributed by atoms with van der Waals surface area (Å²) in [5, 5.41) is 19.2. The van der Waals surface area contributed by atoms with Crippen molar-refractivity contribution < 1.29 is 24.2 Å². The number of aliphatic hydroxyl groups is 1. The molecule has 0 aliphatic carbocycles. The molecule has 1 saturated heterocycles. The van der Waals surface area contributed by atoms with Gasteiger partial charge in [-0.1, -0.05) is 67.1 Å². The lowest BCUT2D eigenvalue weighted by Gasteiger charge is -2.43. The lowest BCUT2D eigenvalue weighted by Crippen LogP contribution is -2.48. The van der Waals surface area contributed by atoms with Crippen molar-refractivity contribution in [3.63, 3.8) is 0 Å². The molecular weight excluding hydrogens is 602 g/mol. The fourth-order valence-corrected chi connectivity index (χ4v) is 6.65. The molecule has 0 saturated carbocycles. The van der Waals surface area contributed by atoms with Crippen LogP contribution in [0.25, 0.3) is 11.1 Å². The molecule has 1 unspecified atom stereocenters. The molecule has 1 aliphatic rings. The van der Waals surface area contributed by atoms with Crippen molar-refractivity contribution in [2.75, 3.05) is 40.5 Å². The van der Waals surface area contributed by atoms with Crippen LogP contribution in [0.3, 0.4) is 0 Å². The Balaban J connectivity index is 1.61. The normalized spacial score (nSPS) is 16.8. The zero-order valence-electron chi connectivity index (χ0n) is 27.5. The first-order chi connectivity index (χ1) is 22.2. The number of nitrogens with one attached hydrogen (secondary N) is 2. The van der Waals surface area contributed by atoms with E-state index >= 15 is 0 Å². The summed E-state index contributed by atoms with van der Waals surface area (Å²) >= 11 is 6.89. The molecule has 2 amide bonds. The van der Waals surface area contributed by atoms with Crippen molar-refractivity contribution in [2.45, 2.75) is 64.1 Å². The van der Waals surface area contributed by atoms with Crippen molar-refractivity contribution in [3.05, 3.63) is 94.0 Å². The molecular formula is C37H48ClN3O5. The van der Waals surface area contributed by atoms with Crippen LogP contribution in [-0.2, 0) is 28.0 Å². The highest BCUT2D eigenvalue weighted by Gasteiger charge is 2.43. The number of hydrogen-bond donors (Lipinski definition) is 3. The van der Waals surface area contributed by atoms with E-state index in [4.69, 9.17) is 21.1 Å². The van der Waals surface area contributed by atoms with E-state index in [0.717, 1.165) is 41.5 Å². The Morgan fingerprint density at radius 2 is 1.87 bits per heavy atom. The number of likely N-dealkylation sites (tertiary alicyclic amines) is 1. The maximum atomic E-state index is 13.8. The van der Waals surface area contributed by atoms with Gasteiger partial charge in [0.05, 0.1) is 18.8 Å². The summed E-state index contributed by atoms with van der Waals surface area (Å²) in [6, 6.07) is 21.8. The van der Waals surface area contributed by atoms with Crippen LogP contribution in [0.4, 0.5) is 4.79 Å². The lowest BCUT2D eigenvalue weighted by molar-refractivity contribution is -0.0588. The standard InChI is InChI=1S/C37H48ClN3O5/c1-5-27-10-6-11-30(22-27)34-32(13-7-14-33(34)38)37(44,19-9-21-46-36(43)39-3)31-12-8-20-41(24-31)35(42)29-17-15-28(16-18-29)23-40-26(2)25-45-4/h6-7,10-11,13-18,22,26,31,40,44H,5,8-9,12,19-21,23-25H2,1-4H3,(H,39,43)/t26?,31-,37+/m1/s1. The van der Waals surface area contributed by atoms with Gasteiger partial charge in [0.15, 0.2) is 0 Å². The van der Waals surface area contributed by atoms with Gasteiger partial charge in [0.25, 0.3) is 5.91 Å². The molecule has 1 fully saturated rings. The monoisotopic (exact) mass is 649 g/mol. The summed E-state index contributed by atoms with van der Waals surface area (Å²) in [5.41, 5.74) is 4.01. The van der Waals surface area contributed by atoms with Crippen molar-refractivity contribution in [1.29, 1.82) is 0 Å². The number of halogens is 1. The van der Waals surface area contributed by atoms with Crippen LogP contribution >= 0.6 is 11.6 Å². The summed E-state index contributed by atoms with van der Waals surface area (Å²) in [6.07, 6.45) is 2.63. The average molecular weight is 650 g/mol. The first-order valence-electron chi connectivity index (χ1n) is 16.3. The molecule has 8 nitrogen and oxygen atoms in total. The van der Waals surface area contributed by atoms with Gasteiger partial charge in [-0.15, -0.1) is 0 Å². The maximum Gasteiger partial charge on any atom is 0.406 e. The van der Waals surface area contributed by atoms with Crippen LogP contribution in [0, 0.1) is 5.92 Å². The average Bonchev–Trinajstić information content (AvgIpc) is 3.09. The summed E-state index contributed by atoms with van der Waals surface area (Å²) in [7, 11) is 3.20. The molecule has 0 aromatic heterocycles. The number of rotatable bonds is 14. The zero-order chi connectivity index (χ0) is 33.1. The van der Waals surface area contributed by atoms with Crippen LogP contribution in [0.2, 0.25) is 5.02 Å². The highest BCUT2D eigenvalue weighted by Crippen LogP contribution is 2.46. The SMILES string of the molecule is CCc1cccc(-c2c(Cl)cccc2[C@](O)(CCCOC(=O)NC)[C@@H]2CCCN(C(=O)c3ccc(CNC(C)COC)cc3)C2)c1. The molecule has 248 valence electrons. The van der Waals surface area contributed by atoms with E-state index in [-0.39, 0.29) is 24.5 Å². The van der Waals surface area contributed by atoms with Crippen LogP contribution in [-0.4, -0.2) is 68.5 Å². The van der Waals surface area contributed by atoms with Crippen LogP contribution in [0.1, 0.15) is 66.6 Å². The second-order valence-electron chi connectivity index (χ2n) is 12.2. The Kier molecular flexibility index (Phi) is 13.0. The van der Waals surface area contributed by atoms with E-state index in [1.54, 1.807) is 7.11 Å². The first-order valence-corrected chi connectivity index (χ1v) is 16.6. The predicted molar refractivity (Wildman–Crippen MR) is 183 cm³/mol. The van der Waals surface area contributed by atoms with Crippen LogP contribution in [0.5, 0.6) is 0 Å². The third-order valence-electron chi connectivity index (χ3n) is 8.90. The molecule has 46 heavy (non-hydrogen) atoms. The minimum atomic E-state index is -1.33. The molecule has 3 aromatic carbocycles. The van der Waals surface area contributed by atoms with Gasteiger partial charge in [0.2, 0.25) is 0 Å². The minimum absolute atomic E-state index is 0.0516. The van der Waals surface area contributed by atoms with Gasteiger partial charge in [-0.2, -0.15) is 0 Å². The summed E-state index contributed by atoms with van der Waals surface area (Å²) < 4.78 is 10.5. The summed E-state index contributed by atoms with van der Waals surface area (Å²) in [4.78, 5) is 27.4. The number of ether oxygens (including phenoxy) is 2. The summed E-state index contributed by atoms with van der Waals surface area (Å²) in [6.45, 7) is 6.65. The molecule has 9 heteroatoms. The number of aryl methyl sites for hydroxylation is 1. The number of hydrogen-bond acceptors (Lipinski definition) is 6. The third kappa shape index (κ3) is 8.88. The number of piperidine rings is 1. The Morgan fingerprint density at radius 1 is 1.11 bits per heavy atom. The van der Waals surface area contributed by atoms with E-state index in [0.29, 0.717) is 49.7 Å². The number of methoxy groups -OCH3 is 1. The smallest absolute Gasteiger partial charge is 0.406 e. The quantitative estimate of drug-likeness (QED) is 0.171. The molecule has 1 heterocycles. The van der Waals surface area contributed by atoms with E-state index < -0.39 is 11.7 Å². The third-order valence-corrected chi connectivity index (χ3v) is 9.21. The number of nitrogens with zero attached hydrogens (tertiary/aromatic N) is 1. The summed E-state index contributed by atoms with van der Waals surface area (Å²) in [5.74, 6) is -0.313. The maximum absolute atomic E-state index is 13.8. The number of carbonyl (C=O) groups excluding carboxylic acids is 2. The van der Waals surface area contributed by atoms with Crippen LogP contribution in [0.15, 0.2) is 66.7 Å². The van der Waals surface area contributed by atoms with Gasteiger partial charge < -0.3 is 30.1 Å². The molecule has 4 rings (SSSR count).